The Morgan fingerprint density at radius 3 is 2.61 bits per heavy atom. The van der Waals surface area contributed by atoms with Crippen molar-refractivity contribution in [3.05, 3.63) is 16.5 Å². The van der Waals surface area contributed by atoms with Crippen molar-refractivity contribution in [1.29, 1.82) is 0 Å². The van der Waals surface area contributed by atoms with Gasteiger partial charge in [-0.3, -0.25) is 4.79 Å². The van der Waals surface area contributed by atoms with Gasteiger partial charge in [0.2, 0.25) is 5.82 Å². The fourth-order valence-corrected chi connectivity index (χ4v) is 4.86. The minimum atomic E-state index is -0.898. The quantitative estimate of drug-likeness (QED) is 0.612. The number of rotatable bonds is 1. The SMILES string of the molecule is CC(C)(C)OC(=O)N1CCN2C(=O)c3c(N4C[C@@H](O)CC4(C)C)nc(Cl)c(F)c3OC[C@H]2C1. The number of aromatic nitrogens is 1. The number of anilines is 1. The van der Waals surface area contributed by atoms with Crippen LogP contribution in [0.4, 0.5) is 15.0 Å². The number of aliphatic hydroxyl groups is 1. The summed E-state index contributed by atoms with van der Waals surface area (Å²) in [5, 5.41) is 9.84. The van der Waals surface area contributed by atoms with E-state index in [1.807, 2.05) is 13.8 Å². The van der Waals surface area contributed by atoms with Crippen LogP contribution in [0, 0.1) is 5.82 Å². The number of carbonyl (C=O) groups excluding carboxylic acids is 2. The molecule has 0 aromatic carbocycles. The molecule has 4 heterocycles. The van der Waals surface area contributed by atoms with Gasteiger partial charge < -0.3 is 29.3 Å². The van der Waals surface area contributed by atoms with Crippen LogP contribution in [-0.4, -0.2) is 88.0 Å². The normalized spacial score (nSPS) is 24.7. The van der Waals surface area contributed by atoms with Crippen LogP contribution in [0.5, 0.6) is 5.75 Å². The first kappa shape index (κ1) is 23.8. The molecule has 2 amide bonds. The summed E-state index contributed by atoms with van der Waals surface area (Å²) in [6.07, 6.45) is -0.626. The molecule has 2 atom stereocenters. The zero-order chi connectivity index (χ0) is 24.3. The fraction of sp³-hybridized carbons (Fsp3) is 0.682. The number of hydrogen-bond donors (Lipinski definition) is 1. The summed E-state index contributed by atoms with van der Waals surface area (Å²) in [5.74, 6) is -1.39. The number of fused-ring (bicyclic) bond motifs is 2. The van der Waals surface area contributed by atoms with E-state index in [0.29, 0.717) is 6.42 Å². The smallest absolute Gasteiger partial charge is 0.410 e. The van der Waals surface area contributed by atoms with Crippen molar-refractivity contribution < 1.29 is 28.6 Å². The van der Waals surface area contributed by atoms with E-state index >= 15 is 0 Å². The summed E-state index contributed by atoms with van der Waals surface area (Å²) < 4.78 is 26.2. The lowest BCUT2D eigenvalue weighted by Gasteiger charge is -2.40. The van der Waals surface area contributed by atoms with Crippen molar-refractivity contribution in [2.24, 2.45) is 0 Å². The molecule has 9 nitrogen and oxygen atoms in total. The maximum Gasteiger partial charge on any atom is 0.410 e. The Morgan fingerprint density at radius 1 is 1.30 bits per heavy atom. The molecule has 33 heavy (non-hydrogen) atoms. The highest BCUT2D eigenvalue weighted by atomic mass is 35.5. The number of amides is 2. The monoisotopic (exact) mass is 484 g/mol. The summed E-state index contributed by atoms with van der Waals surface area (Å²) in [6.45, 7) is 10.1. The van der Waals surface area contributed by atoms with Crippen molar-refractivity contribution in [1.82, 2.24) is 14.8 Å². The van der Waals surface area contributed by atoms with Crippen molar-refractivity contribution in [2.75, 3.05) is 37.7 Å². The third-order valence-corrected chi connectivity index (χ3v) is 6.43. The molecule has 4 rings (SSSR count). The van der Waals surface area contributed by atoms with E-state index < -0.39 is 46.3 Å². The van der Waals surface area contributed by atoms with Crippen LogP contribution in [0.2, 0.25) is 5.15 Å². The molecule has 0 spiro atoms. The van der Waals surface area contributed by atoms with E-state index in [1.165, 1.54) is 4.90 Å². The second-order valence-electron chi connectivity index (χ2n) is 10.4. The van der Waals surface area contributed by atoms with E-state index in [0.717, 1.165) is 0 Å². The van der Waals surface area contributed by atoms with Crippen LogP contribution in [0.3, 0.4) is 0 Å². The highest BCUT2D eigenvalue weighted by molar-refractivity contribution is 6.30. The first-order valence-corrected chi connectivity index (χ1v) is 11.4. The Labute approximate surface area is 197 Å². The van der Waals surface area contributed by atoms with Crippen molar-refractivity contribution in [3.8, 4) is 5.75 Å². The first-order valence-electron chi connectivity index (χ1n) is 11.0. The molecule has 3 aliphatic heterocycles. The van der Waals surface area contributed by atoms with E-state index in [2.05, 4.69) is 4.98 Å². The first-order chi connectivity index (χ1) is 15.3. The predicted octanol–water partition coefficient (Wildman–Crippen LogP) is 2.68. The Kier molecular flexibility index (Phi) is 5.89. The zero-order valence-corrected chi connectivity index (χ0v) is 20.3. The number of halogens is 2. The largest absolute Gasteiger partial charge is 0.487 e. The van der Waals surface area contributed by atoms with Crippen LogP contribution < -0.4 is 9.64 Å². The molecule has 11 heteroatoms. The molecule has 0 unspecified atom stereocenters. The van der Waals surface area contributed by atoms with Crippen molar-refractivity contribution in [2.45, 2.75) is 64.3 Å². The second-order valence-corrected chi connectivity index (χ2v) is 10.8. The van der Waals surface area contributed by atoms with Gasteiger partial charge in [0.15, 0.2) is 10.9 Å². The standard InChI is InChI=1S/C22H30ClFN4O5/c1-21(2,3)33-20(31)26-6-7-27-12(9-26)11-32-16-14(19(27)30)18(25-17(23)15(16)24)28-10-13(29)8-22(28,4)5/h12-13,29H,6-11H2,1-5H3/t12-,13+/m1/s1. The Bertz CT molecular complexity index is 983. The molecule has 182 valence electrons. The third-order valence-electron chi connectivity index (χ3n) is 6.18. The zero-order valence-electron chi connectivity index (χ0n) is 19.5. The van der Waals surface area contributed by atoms with Gasteiger partial charge >= 0.3 is 6.09 Å². The van der Waals surface area contributed by atoms with E-state index in [4.69, 9.17) is 21.1 Å². The summed E-state index contributed by atoms with van der Waals surface area (Å²) >= 11 is 6.09. The predicted molar refractivity (Wildman–Crippen MR) is 119 cm³/mol. The number of carbonyl (C=O) groups is 2. The number of ether oxygens (including phenoxy) is 2. The van der Waals surface area contributed by atoms with Crippen LogP contribution in [-0.2, 0) is 4.74 Å². The third kappa shape index (κ3) is 4.42. The van der Waals surface area contributed by atoms with Gasteiger partial charge in [-0.15, -0.1) is 0 Å². The molecule has 1 aromatic rings. The molecule has 0 bridgehead atoms. The van der Waals surface area contributed by atoms with Crippen LogP contribution in [0.25, 0.3) is 0 Å². The highest BCUT2D eigenvalue weighted by Crippen LogP contribution is 2.42. The fourth-order valence-electron chi connectivity index (χ4n) is 4.69. The van der Waals surface area contributed by atoms with Gasteiger partial charge in [-0.25, -0.2) is 9.78 Å². The molecule has 0 radical (unpaired) electrons. The number of β-amino-alcohol motifs (C(OH)–C–C–N with tert-alkyl or cyclic N) is 1. The van der Waals surface area contributed by atoms with Gasteiger partial charge in [0, 0.05) is 31.7 Å². The van der Waals surface area contributed by atoms with Gasteiger partial charge in [-0.05, 0) is 41.0 Å². The van der Waals surface area contributed by atoms with Crippen LogP contribution in [0.15, 0.2) is 0 Å². The van der Waals surface area contributed by atoms with Crippen molar-refractivity contribution in [3.63, 3.8) is 0 Å². The molecule has 1 N–H and O–H groups in total. The topological polar surface area (TPSA) is 95.4 Å². The van der Waals surface area contributed by atoms with Gasteiger partial charge in [0.25, 0.3) is 5.91 Å². The van der Waals surface area contributed by atoms with Gasteiger partial charge in [0.1, 0.15) is 23.6 Å². The Morgan fingerprint density at radius 2 is 2.00 bits per heavy atom. The minimum absolute atomic E-state index is 0.00714. The maximum atomic E-state index is 15.0. The van der Waals surface area contributed by atoms with E-state index in [9.17, 15) is 19.1 Å². The molecular weight excluding hydrogens is 455 g/mol. The summed E-state index contributed by atoms with van der Waals surface area (Å²) in [6, 6.07) is -0.491. The lowest BCUT2D eigenvalue weighted by Crippen LogP contribution is -2.58. The molecule has 1 aromatic heterocycles. The lowest BCUT2D eigenvalue weighted by atomic mass is 10.0. The van der Waals surface area contributed by atoms with Gasteiger partial charge in [-0.1, -0.05) is 11.6 Å². The number of piperazine rings is 1. The average molecular weight is 485 g/mol. The van der Waals surface area contributed by atoms with Crippen LogP contribution >= 0.6 is 11.6 Å². The van der Waals surface area contributed by atoms with E-state index in [-0.39, 0.29) is 49.9 Å². The molecule has 3 aliphatic rings. The number of aliphatic hydroxyl groups excluding tert-OH is 1. The molecule has 2 saturated heterocycles. The molecule has 2 fully saturated rings. The molecular formula is C22H30ClFN4O5. The second kappa shape index (κ2) is 8.16. The van der Waals surface area contributed by atoms with Gasteiger partial charge in [-0.2, -0.15) is 4.39 Å². The highest BCUT2D eigenvalue weighted by Gasteiger charge is 2.45. The molecule has 0 aliphatic carbocycles. The number of hydrogen-bond acceptors (Lipinski definition) is 7. The Balaban J connectivity index is 1.68. The Hall–Kier alpha value is -2.33. The molecule has 0 saturated carbocycles. The maximum absolute atomic E-state index is 15.0. The minimum Gasteiger partial charge on any atom is -0.487 e. The average Bonchev–Trinajstić information content (AvgIpc) is 2.89. The summed E-state index contributed by atoms with van der Waals surface area (Å²) in [4.78, 5) is 35.3. The van der Waals surface area contributed by atoms with Crippen LogP contribution in [0.1, 0.15) is 51.4 Å². The van der Waals surface area contributed by atoms with Gasteiger partial charge in [0.05, 0.1) is 12.1 Å². The number of pyridine rings is 1. The van der Waals surface area contributed by atoms with E-state index in [1.54, 1.807) is 30.6 Å². The van der Waals surface area contributed by atoms with Crippen molar-refractivity contribution >= 4 is 29.4 Å². The number of nitrogens with zero attached hydrogens (tertiary/aromatic N) is 4. The summed E-state index contributed by atoms with van der Waals surface area (Å²) in [5.41, 5.74) is -1.18. The lowest BCUT2D eigenvalue weighted by molar-refractivity contribution is 0.000863. The summed E-state index contributed by atoms with van der Waals surface area (Å²) in [7, 11) is 0.